The molecule has 0 N–H and O–H groups in total. The highest BCUT2D eigenvalue weighted by atomic mass is 16.5. The van der Waals surface area contributed by atoms with Gasteiger partial charge in [0.1, 0.15) is 0 Å². The summed E-state index contributed by atoms with van der Waals surface area (Å²) in [7, 11) is 1.43. The Hall–Kier alpha value is -3.59. The summed E-state index contributed by atoms with van der Waals surface area (Å²) in [5.41, 5.74) is 5.66. The van der Waals surface area contributed by atoms with E-state index in [1.54, 1.807) is 4.90 Å². The zero-order valence-corrected chi connectivity index (χ0v) is 22.1. The summed E-state index contributed by atoms with van der Waals surface area (Å²) >= 11 is 0. The van der Waals surface area contributed by atoms with E-state index in [4.69, 9.17) is 14.5 Å². The van der Waals surface area contributed by atoms with E-state index in [9.17, 15) is 9.59 Å². The molecule has 3 aliphatic heterocycles. The third kappa shape index (κ3) is 4.49. The Morgan fingerprint density at radius 3 is 2.47 bits per heavy atom. The van der Waals surface area contributed by atoms with Crippen LogP contribution in [0, 0.1) is 5.92 Å². The van der Waals surface area contributed by atoms with Crippen LogP contribution in [-0.2, 0) is 33.7 Å². The van der Waals surface area contributed by atoms with Crippen molar-refractivity contribution in [3.63, 3.8) is 0 Å². The van der Waals surface area contributed by atoms with Crippen molar-refractivity contribution in [2.75, 3.05) is 57.9 Å². The number of fused-ring (bicyclic) bond motifs is 3. The highest BCUT2D eigenvalue weighted by Crippen LogP contribution is 2.34. The number of rotatable bonds is 5. The monoisotopic (exact) mass is 517 g/mol. The van der Waals surface area contributed by atoms with Crippen LogP contribution in [0.2, 0.25) is 0 Å². The Balaban J connectivity index is 1.35. The smallest absolute Gasteiger partial charge is 0.409 e. The summed E-state index contributed by atoms with van der Waals surface area (Å²) in [6.45, 7) is 7.29. The summed E-state index contributed by atoms with van der Waals surface area (Å²) in [4.78, 5) is 36.4. The predicted molar refractivity (Wildman–Crippen MR) is 144 cm³/mol. The number of aromatic nitrogens is 2. The van der Waals surface area contributed by atoms with Gasteiger partial charge in [-0.25, -0.2) is 9.78 Å². The first kappa shape index (κ1) is 24.7. The number of hydrogen-bond acceptors (Lipinski definition) is 6. The largest absolute Gasteiger partial charge is 0.453 e. The average Bonchev–Trinajstić information content (AvgIpc) is 3.32. The Morgan fingerprint density at radius 2 is 1.79 bits per heavy atom. The van der Waals surface area contributed by atoms with Gasteiger partial charge < -0.3 is 28.7 Å². The van der Waals surface area contributed by atoms with E-state index in [1.807, 2.05) is 11.0 Å². The fourth-order valence-electron chi connectivity index (χ4n) is 5.93. The fraction of sp³-hybridized carbons (Fsp3) is 0.483. The molecule has 200 valence electrons. The van der Waals surface area contributed by atoms with E-state index < -0.39 is 0 Å². The first-order valence-electron chi connectivity index (χ1n) is 13.5. The lowest BCUT2D eigenvalue weighted by molar-refractivity contribution is -0.150. The lowest BCUT2D eigenvalue weighted by Gasteiger charge is -2.39. The lowest BCUT2D eigenvalue weighted by atomic mass is 9.98. The molecule has 0 bridgehead atoms. The van der Waals surface area contributed by atoms with Crippen molar-refractivity contribution in [3.05, 3.63) is 59.2 Å². The van der Waals surface area contributed by atoms with Gasteiger partial charge in [0, 0.05) is 44.3 Å². The van der Waals surface area contributed by atoms with E-state index in [0.717, 1.165) is 48.5 Å². The summed E-state index contributed by atoms with van der Waals surface area (Å²) in [5, 5.41) is 0. The van der Waals surface area contributed by atoms with Gasteiger partial charge in [-0.1, -0.05) is 36.4 Å². The van der Waals surface area contributed by atoms with Gasteiger partial charge in [0.2, 0.25) is 11.9 Å². The van der Waals surface area contributed by atoms with Crippen molar-refractivity contribution in [1.82, 2.24) is 19.4 Å². The van der Waals surface area contributed by atoms with Crippen LogP contribution in [0.1, 0.15) is 29.7 Å². The van der Waals surface area contributed by atoms with Crippen LogP contribution >= 0.6 is 0 Å². The quantitative estimate of drug-likeness (QED) is 0.517. The van der Waals surface area contributed by atoms with E-state index in [-0.39, 0.29) is 24.0 Å². The van der Waals surface area contributed by atoms with E-state index in [1.165, 1.54) is 18.2 Å². The number of benzene rings is 2. The number of imidazole rings is 1. The maximum Gasteiger partial charge on any atom is 0.409 e. The molecule has 3 aliphatic rings. The van der Waals surface area contributed by atoms with Crippen molar-refractivity contribution in [2.24, 2.45) is 5.92 Å². The average molecular weight is 518 g/mol. The molecule has 1 aromatic heterocycles. The molecule has 38 heavy (non-hydrogen) atoms. The number of ether oxygens (including phenoxy) is 2. The van der Waals surface area contributed by atoms with Gasteiger partial charge in [0.25, 0.3) is 0 Å². The Bertz CT molecular complexity index is 1330. The van der Waals surface area contributed by atoms with E-state index in [2.05, 4.69) is 52.8 Å². The third-order valence-electron chi connectivity index (χ3n) is 8.15. The van der Waals surface area contributed by atoms with Crippen molar-refractivity contribution >= 4 is 29.0 Å². The van der Waals surface area contributed by atoms with Gasteiger partial charge >= 0.3 is 6.09 Å². The highest BCUT2D eigenvalue weighted by molar-refractivity contribution is 5.85. The molecular weight excluding hydrogens is 482 g/mol. The Labute approximate surface area is 222 Å². The number of carbonyl (C=O) groups is 2. The maximum absolute atomic E-state index is 12.8. The zero-order valence-electron chi connectivity index (χ0n) is 22.1. The Kier molecular flexibility index (Phi) is 6.69. The number of anilines is 1. The second-order valence-electron chi connectivity index (χ2n) is 10.6. The standard InChI is InChI=1S/C29H35N5O4/c1-20(16-21-6-4-3-5-7-21)34-25-9-8-22-10-11-33(29(36)37-2)17-24(22)26(25)30-28(34)32-14-12-31(13-15-32)27(35)23-18-38-19-23/h3-9,20,23H,10-19H2,1-2H3/t20-/m1/s1. The molecule has 0 spiro atoms. The van der Waals surface area contributed by atoms with Gasteiger partial charge in [0.15, 0.2) is 0 Å². The van der Waals surface area contributed by atoms with Crippen molar-refractivity contribution in [3.8, 4) is 0 Å². The summed E-state index contributed by atoms with van der Waals surface area (Å²) < 4.78 is 12.6. The number of nitrogens with zero attached hydrogens (tertiary/aromatic N) is 5. The molecule has 2 amide bonds. The number of piperazine rings is 1. The summed E-state index contributed by atoms with van der Waals surface area (Å²) in [6.07, 6.45) is 1.36. The van der Waals surface area contributed by atoms with Crippen molar-refractivity contribution < 1.29 is 19.1 Å². The molecule has 3 aromatic rings. The molecule has 0 radical (unpaired) electrons. The molecule has 6 rings (SSSR count). The predicted octanol–water partition coefficient (Wildman–Crippen LogP) is 3.26. The highest BCUT2D eigenvalue weighted by Gasteiger charge is 2.34. The second-order valence-corrected chi connectivity index (χ2v) is 10.6. The zero-order chi connectivity index (χ0) is 26.2. The number of hydrogen-bond donors (Lipinski definition) is 0. The minimum atomic E-state index is -0.303. The van der Waals surface area contributed by atoms with Crippen LogP contribution in [0.15, 0.2) is 42.5 Å². The van der Waals surface area contributed by atoms with Crippen molar-refractivity contribution in [1.29, 1.82) is 0 Å². The molecule has 9 heteroatoms. The molecule has 4 heterocycles. The molecule has 0 aliphatic carbocycles. The summed E-state index contributed by atoms with van der Waals surface area (Å²) in [6, 6.07) is 15.1. The van der Waals surface area contributed by atoms with Gasteiger partial charge in [-0.05, 0) is 37.0 Å². The number of amides is 2. The molecule has 0 saturated carbocycles. The van der Waals surface area contributed by atoms with Crippen LogP contribution in [0.25, 0.3) is 11.0 Å². The fourth-order valence-corrected chi connectivity index (χ4v) is 5.93. The topological polar surface area (TPSA) is 80.1 Å². The molecule has 9 nitrogen and oxygen atoms in total. The molecular formula is C29H35N5O4. The van der Waals surface area contributed by atoms with Crippen molar-refractivity contribution in [2.45, 2.75) is 32.4 Å². The van der Waals surface area contributed by atoms with Crippen LogP contribution in [0.5, 0.6) is 0 Å². The minimum Gasteiger partial charge on any atom is -0.453 e. The van der Waals surface area contributed by atoms with Crippen LogP contribution in [0.4, 0.5) is 10.7 Å². The Morgan fingerprint density at radius 1 is 1.03 bits per heavy atom. The molecule has 0 unspecified atom stereocenters. The van der Waals surface area contributed by atoms with Gasteiger partial charge in [-0.3, -0.25) is 4.79 Å². The molecule has 2 saturated heterocycles. The first-order valence-corrected chi connectivity index (χ1v) is 13.5. The number of carbonyl (C=O) groups excluding carboxylic acids is 2. The minimum absolute atomic E-state index is 0.0151. The van der Waals surface area contributed by atoms with Gasteiger partial charge in [0.05, 0.1) is 43.8 Å². The van der Waals surface area contributed by atoms with E-state index >= 15 is 0 Å². The van der Waals surface area contributed by atoms with E-state index in [0.29, 0.717) is 39.4 Å². The van der Waals surface area contributed by atoms with Crippen LogP contribution in [-0.4, -0.2) is 84.4 Å². The second kappa shape index (κ2) is 10.3. The van der Waals surface area contributed by atoms with Gasteiger partial charge in [-0.15, -0.1) is 0 Å². The lowest BCUT2D eigenvalue weighted by Crippen LogP contribution is -2.53. The molecule has 1 atom stereocenters. The molecule has 2 fully saturated rings. The summed E-state index contributed by atoms with van der Waals surface area (Å²) in [5.74, 6) is 1.16. The first-order chi connectivity index (χ1) is 18.5. The van der Waals surface area contributed by atoms with Gasteiger partial charge in [-0.2, -0.15) is 0 Å². The maximum atomic E-state index is 12.8. The third-order valence-corrected chi connectivity index (χ3v) is 8.15. The normalized spacial score (nSPS) is 18.7. The van der Waals surface area contributed by atoms with Crippen LogP contribution < -0.4 is 4.90 Å². The van der Waals surface area contributed by atoms with Crippen LogP contribution in [0.3, 0.4) is 0 Å². The SMILES string of the molecule is COC(=O)N1CCc2ccc3c(nc(N4CCN(C(=O)C5COC5)CC4)n3[C@H](C)Cc3ccccc3)c2C1. The molecule has 2 aromatic carbocycles. The number of methoxy groups -OCH3 is 1.